The quantitative estimate of drug-likeness (QED) is 0.874. The van der Waals surface area contributed by atoms with Crippen molar-refractivity contribution in [3.63, 3.8) is 0 Å². The molecule has 1 heterocycles. The SMILES string of the molecule is CCc1ccccc1CNc1nccc(OC(C)C)n1. The first-order valence-electron chi connectivity index (χ1n) is 6.99. The smallest absolute Gasteiger partial charge is 0.226 e. The molecule has 1 aromatic carbocycles. The van der Waals surface area contributed by atoms with E-state index in [0.29, 0.717) is 11.8 Å². The summed E-state index contributed by atoms with van der Waals surface area (Å²) in [7, 11) is 0. The van der Waals surface area contributed by atoms with Crippen LogP contribution < -0.4 is 10.1 Å². The first kappa shape index (κ1) is 14.3. The highest BCUT2D eigenvalue weighted by Gasteiger charge is 2.04. The minimum absolute atomic E-state index is 0.110. The van der Waals surface area contributed by atoms with E-state index in [4.69, 9.17) is 4.74 Å². The first-order chi connectivity index (χ1) is 9.69. The first-order valence-corrected chi connectivity index (χ1v) is 6.99. The molecule has 1 aromatic heterocycles. The number of nitrogens with zero attached hydrogens (tertiary/aromatic N) is 2. The lowest BCUT2D eigenvalue weighted by Crippen LogP contribution is -2.09. The molecule has 0 aliphatic heterocycles. The maximum atomic E-state index is 5.56. The van der Waals surface area contributed by atoms with Gasteiger partial charge >= 0.3 is 0 Å². The molecular formula is C16H21N3O. The van der Waals surface area contributed by atoms with Crippen molar-refractivity contribution < 1.29 is 4.74 Å². The van der Waals surface area contributed by atoms with E-state index in [9.17, 15) is 0 Å². The second-order valence-corrected chi connectivity index (χ2v) is 4.86. The molecule has 0 atom stereocenters. The summed E-state index contributed by atoms with van der Waals surface area (Å²) in [6, 6.07) is 10.2. The summed E-state index contributed by atoms with van der Waals surface area (Å²) in [5.41, 5.74) is 2.61. The normalized spacial score (nSPS) is 10.6. The van der Waals surface area contributed by atoms with Gasteiger partial charge in [0.25, 0.3) is 0 Å². The number of ether oxygens (including phenoxy) is 1. The Kier molecular flexibility index (Phi) is 4.93. The molecule has 106 valence electrons. The number of aryl methyl sites for hydroxylation is 1. The van der Waals surface area contributed by atoms with Gasteiger partial charge in [-0.2, -0.15) is 4.98 Å². The summed E-state index contributed by atoms with van der Waals surface area (Å²) < 4.78 is 5.56. The van der Waals surface area contributed by atoms with Crippen molar-refractivity contribution in [3.8, 4) is 5.88 Å². The van der Waals surface area contributed by atoms with Crippen molar-refractivity contribution in [2.75, 3.05) is 5.32 Å². The van der Waals surface area contributed by atoms with E-state index in [2.05, 4.69) is 46.5 Å². The Labute approximate surface area is 120 Å². The molecular weight excluding hydrogens is 250 g/mol. The zero-order valence-corrected chi connectivity index (χ0v) is 12.3. The summed E-state index contributed by atoms with van der Waals surface area (Å²) in [4.78, 5) is 8.55. The van der Waals surface area contributed by atoms with E-state index in [0.717, 1.165) is 13.0 Å². The fourth-order valence-corrected chi connectivity index (χ4v) is 1.98. The lowest BCUT2D eigenvalue weighted by atomic mass is 10.1. The molecule has 1 N–H and O–H groups in total. The third kappa shape index (κ3) is 3.95. The topological polar surface area (TPSA) is 47.0 Å². The fourth-order valence-electron chi connectivity index (χ4n) is 1.98. The molecule has 0 unspecified atom stereocenters. The van der Waals surface area contributed by atoms with Crippen molar-refractivity contribution in [2.24, 2.45) is 0 Å². The number of rotatable bonds is 6. The molecule has 20 heavy (non-hydrogen) atoms. The molecule has 0 fully saturated rings. The third-order valence-electron chi connectivity index (χ3n) is 2.92. The van der Waals surface area contributed by atoms with Crippen molar-refractivity contribution in [2.45, 2.75) is 39.8 Å². The summed E-state index contributed by atoms with van der Waals surface area (Å²) in [5, 5.41) is 3.25. The van der Waals surface area contributed by atoms with Crippen molar-refractivity contribution in [1.29, 1.82) is 0 Å². The van der Waals surface area contributed by atoms with Crippen LogP contribution in [-0.2, 0) is 13.0 Å². The average Bonchev–Trinajstić information content (AvgIpc) is 2.45. The molecule has 0 spiro atoms. The van der Waals surface area contributed by atoms with E-state index in [1.165, 1.54) is 11.1 Å². The molecule has 0 aliphatic rings. The van der Waals surface area contributed by atoms with Crippen LogP contribution in [0.25, 0.3) is 0 Å². The number of nitrogens with one attached hydrogen (secondary N) is 1. The molecule has 0 amide bonds. The van der Waals surface area contributed by atoms with Crippen LogP contribution in [-0.4, -0.2) is 16.1 Å². The molecule has 0 aliphatic carbocycles. The number of hydrogen-bond acceptors (Lipinski definition) is 4. The highest BCUT2D eigenvalue weighted by Crippen LogP contribution is 2.13. The van der Waals surface area contributed by atoms with Gasteiger partial charge in [-0.15, -0.1) is 0 Å². The molecule has 0 saturated carbocycles. The van der Waals surface area contributed by atoms with E-state index >= 15 is 0 Å². The molecule has 4 nitrogen and oxygen atoms in total. The zero-order chi connectivity index (χ0) is 14.4. The summed E-state index contributed by atoms with van der Waals surface area (Å²) in [6.07, 6.45) is 2.84. The minimum Gasteiger partial charge on any atom is -0.475 e. The fraction of sp³-hybridized carbons (Fsp3) is 0.375. The molecule has 0 radical (unpaired) electrons. The van der Waals surface area contributed by atoms with Gasteiger partial charge in [-0.3, -0.25) is 0 Å². The largest absolute Gasteiger partial charge is 0.475 e. The third-order valence-corrected chi connectivity index (χ3v) is 2.92. The van der Waals surface area contributed by atoms with E-state index in [-0.39, 0.29) is 6.10 Å². The van der Waals surface area contributed by atoms with Gasteiger partial charge in [-0.25, -0.2) is 4.98 Å². The van der Waals surface area contributed by atoms with Gasteiger partial charge in [-0.05, 0) is 31.4 Å². The van der Waals surface area contributed by atoms with Crippen LogP contribution in [0.5, 0.6) is 5.88 Å². The van der Waals surface area contributed by atoms with Crippen LogP contribution in [0.15, 0.2) is 36.5 Å². The Bertz CT molecular complexity index is 555. The number of benzene rings is 1. The number of aromatic nitrogens is 2. The lowest BCUT2D eigenvalue weighted by Gasteiger charge is -2.11. The summed E-state index contributed by atoms with van der Waals surface area (Å²) in [5.74, 6) is 1.19. The second-order valence-electron chi connectivity index (χ2n) is 4.86. The van der Waals surface area contributed by atoms with Gasteiger partial charge in [0.15, 0.2) is 0 Å². The maximum Gasteiger partial charge on any atom is 0.226 e. The van der Waals surface area contributed by atoms with E-state index < -0.39 is 0 Å². The standard InChI is InChI=1S/C16H21N3O/c1-4-13-7-5-6-8-14(13)11-18-16-17-10-9-15(19-16)20-12(2)3/h5-10,12H,4,11H2,1-3H3,(H,17,18,19). The molecule has 0 bridgehead atoms. The monoisotopic (exact) mass is 271 g/mol. The Hall–Kier alpha value is -2.10. The molecule has 4 heteroatoms. The van der Waals surface area contributed by atoms with Crippen LogP contribution in [0.4, 0.5) is 5.95 Å². The van der Waals surface area contributed by atoms with E-state index in [1.54, 1.807) is 12.3 Å². The summed E-state index contributed by atoms with van der Waals surface area (Å²) >= 11 is 0. The highest BCUT2D eigenvalue weighted by atomic mass is 16.5. The Morgan fingerprint density at radius 1 is 1.15 bits per heavy atom. The van der Waals surface area contributed by atoms with Gasteiger partial charge in [-0.1, -0.05) is 31.2 Å². The summed E-state index contributed by atoms with van der Waals surface area (Å²) in [6.45, 7) is 6.83. The Morgan fingerprint density at radius 2 is 1.90 bits per heavy atom. The predicted octanol–water partition coefficient (Wildman–Crippen LogP) is 3.44. The van der Waals surface area contributed by atoms with Crippen LogP contribution in [0, 0.1) is 0 Å². The lowest BCUT2D eigenvalue weighted by molar-refractivity contribution is 0.232. The maximum absolute atomic E-state index is 5.56. The van der Waals surface area contributed by atoms with Gasteiger partial charge < -0.3 is 10.1 Å². The van der Waals surface area contributed by atoms with Gasteiger partial charge in [0.2, 0.25) is 11.8 Å². The number of anilines is 1. The second kappa shape index (κ2) is 6.89. The molecule has 2 aromatic rings. The van der Waals surface area contributed by atoms with Crippen LogP contribution in [0.1, 0.15) is 31.9 Å². The zero-order valence-electron chi connectivity index (χ0n) is 12.3. The van der Waals surface area contributed by atoms with Crippen molar-refractivity contribution in [1.82, 2.24) is 9.97 Å². The van der Waals surface area contributed by atoms with Gasteiger partial charge in [0.05, 0.1) is 6.10 Å². The molecule has 2 rings (SSSR count). The Balaban J connectivity index is 2.03. The highest BCUT2D eigenvalue weighted by molar-refractivity contribution is 5.33. The minimum atomic E-state index is 0.110. The van der Waals surface area contributed by atoms with Gasteiger partial charge in [0, 0.05) is 18.8 Å². The van der Waals surface area contributed by atoms with Crippen LogP contribution in [0.3, 0.4) is 0 Å². The average molecular weight is 271 g/mol. The molecule has 0 saturated heterocycles. The van der Waals surface area contributed by atoms with Crippen LogP contribution >= 0.6 is 0 Å². The van der Waals surface area contributed by atoms with E-state index in [1.807, 2.05) is 13.8 Å². The van der Waals surface area contributed by atoms with Crippen molar-refractivity contribution in [3.05, 3.63) is 47.7 Å². The number of hydrogen-bond donors (Lipinski definition) is 1. The van der Waals surface area contributed by atoms with Gasteiger partial charge in [0.1, 0.15) is 0 Å². The van der Waals surface area contributed by atoms with Crippen LogP contribution in [0.2, 0.25) is 0 Å². The predicted molar refractivity (Wildman–Crippen MR) is 80.9 cm³/mol. The van der Waals surface area contributed by atoms with Crippen molar-refractivity contribution >= 4 is 5.95 Å². The Morgan fingerprint density at radius 3 is 2.60 bits per heavy atom.